The molecule has 0 atom stereocenters. The largest absolute Gasteiger partial charge is 0.490 e. The number of aromatic carboxylic acids is 1. The Morgan fingerprint density at radius 3 is 1.89 bits per heavy atom. The molecular weight excluding hydrogens is 503 g/mol. The number of hydrogen-bond donors (Lipinski definition) is 3. The molecular formula is C27H26F3N3O5. The van der Waals surface area contributed by atoms with Crippen molar-refractivity contribution in [1.29, 1.82) is 0 Å². The SMILES string of the molecule is Cc1ccc(C(=O)Nc2ccc(N3CCN(c4ccccc4)CC3)c(C(=O)O)c2)cc1.O=C(O)C(F)(F)F. The normalized spacial score (nSPS) is 13.3. The summed E-state index contributed by atoms with van der Waals surface area (Å²) >= 11 is 0. The number of para-hydroxylation sites is 1. The third-order valence-electron chi connectivity index (χ3n) is 5.78. The number of piperazine rings is 1. The van der Waals surface area contributed by atoms with Gasteiger partial charge in [0.1, 0.15) is 0 Å². The topological polar surface area (TPSA) is 110 Å². The van der Waals surface area contributed by atoms with Crippen LogP contribution in [0.4, 0.5) is 30.2 Å². The molecule has 38 heavy (non-hydrogen) atoms. The lowest BCUT2D eigenvalue weighted by Crippen LogP contribution is -2.47. The van der Waals surface area contributed by atoms with Crippen molar-refractivity contribution in [2.24, 2.45) is 0 Å². The Morgan fingerprint density at radius 2 is 1.37 bits per heavy atom. The number of amides is 1. The van der Waals surface area contributed by atoms with Gasteiger partial charge in [0.15, 0.2) is 0 Å². The maximum atomic E-state index is 12.5. The van der Waals surface area contributed by atoms with Crippen molar-refractivity contribution >= 4 is 34.9 Å². The van der Waals surface area contributed by atoms with Gasteiger partial charge in [0, 0.05) is 43.1 Å². The third kappa shape index (κ3) is 7.48. The molecule has 0 saturated carbocycles. The van der Waals surface area contributed by atoms with Crippen molar-refractivity contribution in [3.8, 4) is 0 Å². The van der Waals surface area contributed by atoms with Crippen molar-refractivity contribution < 1.29 is 37.8 Å². The molecule has 0 aliphatic carbocycles. The average Bonchev–Trinajstić information content (AvgIpc) is 2.89. The zero-order valence-corrected chi connectivity index (χ0v) is 20.4. The van der Waals surface area contributed by atoms with Gasteiger partial charge in [-0.15, -0.1) is 0 Å². The summed E-state index contributed by atoms with van der Waals surface area (Å²) in [5.41, 5.74) is 4.11. The number of halogens is 3. The second-order valence-electron chi connectivity index (χ2n) is 8.47. The fourth-order valence-electron chi connectivity index (χ4n) is 3.81. The van der Waals surface area contributed by atoms with Crippen molar-refractivity contribution in [3.05, 3.63) is 89.5 Å². The minimum absolute atomic E-state index is 0.190. The van der Waals surface area contributed by atoms with Gasteiger partial charge in [-0.25, -0.2) is 9.59 Å². The van der Waals surface area contributed by atoms with E-state index >= 15 is 0 Å². The van der Waals surface area contributed by atoms with E-state index in [1.165, 1.54) is 11.8 Å². The van der Waals surface area contributed by atoms with Crippen LogP contribution in [-0.2, 0) is 4.79 Å². The van der Waals surface area contributed by atoms with E-state index in [2.05, 4.69) is 27.2 Å². The fourth-order valence-corrected chi connectivity index (χ4v) is 3.81. The minimum Gasteiger partial charge on any atom is -0.478 e. The maximum absolute atomic E-state index is 12.5. The molecule has 3 N–H and O–H groups in total. The molecule has 0 spiro atoms. The van der Waals surface area contributed by atoms with Gasteiger partial charge in [-0.1, -0.05) is 35.9 Å². The molecule has 3 aromatic carbocycles. The monoisotopic (exact) mass is 529 g/mol. The summed E-state index contributed by atoms with van der Waals surface area (Å²) in [7, 11) is 0. The van der Waals surface area contributed by atoms with E-state index in [1.807, 2.05) is 37.3 Å². The van der Waals surface area contributed by atoms with Gasteiger partial charge in [-0.2, -0.15) is 13.2 Å². The van der Waals surface area contributed by atoms with Crippen molar-refractivity contribution in [2.45, 2.75) is 13.1 Å². The van der Waals surface area contributed by atoms with E-state index in [1.54, 1.807) is 24.3 Å². The number of carboxylic acid groups (broad SMARTS) is 2. The van der Waals surface area contributed by atoms with Crippen LogP contribution in [0.25, 0.3) is 0 Å². The highest BCUT2D eigenvalue weighted by molar-refractivity contribution is 6.05. The number of anilines is 3. The predicted octanol–water partition coefficient (Wildman–Crippen LogP) is 4.91. The molecule has 8 nitrogen and oxygen atoms in total. The van der Waals surface area contributed by atoms with Crippen LogP contribution in [0.2, 0.25) is 0 Å². The zero-order chi connectivity index (χ0) is 27.9. The van der Waals surface area contributed by atoms with Crippen molar-refractivity contribution in [3.63, 3.8) is 0 Å². The van der Waals surface area contributed by atoms with Gasteiger partial charge < -0.3 is 25.3 Å². The number of rotatable bonds is 5. The van der Waals surface area contributed by atoms with Gasteiger partial charge in [0.05, 0.1) is 11.3 Å². The average molecular weight is 530 g/mol. The summed E-state index contributed by atoms with van der Waals surface area (Å²) in [6, 6.07) is 22.5. The Morgan fingerprint density at radius 1 is 0.816 bits per heavy atom. The van der Waals surface area contributed by atoms with Crippen molar-refractivity contribution in [2.75, 3.05) is 41.3 Å². The molecule has 0 bridgehead atoms. The molecule has 3 aromatic rings. The number of carbonyl (C=O) groups is 3. The van der Waals surface area contributed by atoms with Crippen LogP contribution < -0.4 is 15.1 Å². The Hall–Kier alpha value is -4.54. The molecule has 1 aliphatic heterocycles. The molecule has 1 heterocycles. The van der Waals surface area contributed by atoms with Crippen LogP contribution in [0.5, 0.6) is 0 Å². The molecule has 0 unspecified atom stereocenters. The van der Waals surface area contributed by atoms with Crippen LogP contribution >= 0.6 is 0 Å². The molecule has 11 heteroatoms. The van der Waals surface area contributed by atoms with E-state index in [-0.39, 0.29) is 11.5 Å². The second-order valence-corrected chi connectivity index (χ2v) is 8.47. The molecule has 1 aliphatic rings. The predicted molar refractivity (Wildman–Crippen MR) is 137 cm³/mol. The highest BCUT2D eigenvalue weighted by Crippen LogP contribution is 2.27. The lowest BCUT2D eigenvalue weighted by atomic mass is 10.1. The quantitative estimate of drug-likeness (QED) is 0.431. The molecule has 4 rings (SSSR count). The number of nitrogens with zero attached hydrogens (tertiary/aromatic N) is 2. The molecule has 1 fully saturated rings. The second kappa shape index (κ2) is 12.1. The van der Waals surface area contributed by atoms with Crippen LogP contribution in [0.15, 0.2) is 72.8 Å². The first-order valence-corrected chi connectivity index (χ1v) is 11.6. The van der Waals surface area contributed by atoms with E-state index in [9.17, 15) is 27.9 Å². The fraction of sp³-hybridized carbons (Fsp3) is 0.222. The van der Waals surface area contributed by atoms with Crippen LogP contribution in [-0.4, -0.2) is 60.4 Å². The molecule has 200 valence electrons. The standard InChI is InChI=1S/C25H25N3O3.C2HF3O2/c1-18-7-9-19(10-8-18)24(29)26-20-11-12-23(22(17-20)25(30)31)28-15-13-27(14-16-28)21-5-3-2-4-6-21;3-2(4,5)1(6)7/h2-12,17H,13-16H2,1H3,(H,26,29)(H,30,31);(H,6,7). The van der Waals surface area contributed by atoms with E-state index in [4.69, 9.17) is 9.90 Å². The van der Waals surface area contributed by atoms with Gasteiger partial charge in [0.2, 0.25) is 0 Å². The van der Waals surface area contributed by atoms with Crippen LogP contribution in [0.3, 0.4) is 0 Å². The number of aryl methyl sites for hydroxylation is 1. The summed E-state index contributed by atoms with van der Waals surface area (Å²) < 4.78 is 31.7. The van der Waals surface area contributed by atoms with Gasteiger partial charge >= 0.3 is 18.1 Å². The molecule has 1 saturated heterocycles. The first-order valence-electron chi connectivity index (χ1n) is 11.6. The summed E-state index contributed by atoms with van der Waals surface area (Å²) in [4.78, 5) is 37.7. The minimum atomic E-state index is -5.08. The number of nitrogens with one attached hydrogen (secondary N) is 1. The van der Waals surface area contributed by atoms with Gasteiger partial charge in [0.25, 0.3) is 5.91 Å². The highest BCUT2D eigenvalue weighted by Gasteiger charge is 2.38. The summed E-state index contributed by atoms with van der Waals surface area (Å²) in [5, 5.41) is 19.7. The highest BCUT2D eigenvalue weighted by atomic mass is 19.4. The van der Waals surface area contributed by atoms with Gasteiger partial charge in [-0.05, 0) is 49.4 Å². The number of benzene rings is 3. The Kier molecular flexibility index (Phi) is 8.95. The van der Waals surface area contributed by atoms with Gasteiger partial charge in [-0.3, -0.25) is 4.79 Å². The maximum Gasteiger partial charge on any atom is 0.490 e. The first-order chi connectivity index (χ1) is 18.0. The summed E-state index contributed by atoms with van der Waals surface area (Å²) in [6.07, 6.45) is -5.08. The number of aliphatic carboxylic acids is 1. The molecule has 0 aromatic heterocycles. The zero-order valence-electron chi connectivity index (χ0n) is 20.4. The lowest BCUT2D eigenvalue weighted by Gasteiger charge is -2.38. The first kappa shape index (κ1) is 28.0. The third-order valence-corrected chi connectivity index (χ3v) is 5.78. The number of hydrogen-bond acceptors (Lipinski definition) is 5. The number of carboxylic acids is 2. The van der Waals surface area contributed by atoms with Crippen molar-refractivity contribution in [1.82, 2.24) is 0 Å². The molecule has 1 amide bonds. The Balaban J connectivity index is 0.000000505. The van der Waals surface area contributed by atoms with E-state index in [0.29, 0.717) is 16.9 Å². The van der Waals surface area contributed by atoms with E-state index in [0.717, 1.165) is 31.7 Å². The Labute approximate surface area is 216 Å². The summed E-state index contributed by atoms with van der Waals surface area (Å²) in [5.74, 6) is -4.03. The van der Waals surface area contributed by atoms with Crippen LogP contribution in [0, 0.1) is 6.92 Å². The smallest absolute Gasteiger partial charge is 0.478 e. The molecule has 0 radical (unpaired) electrons. The van der Waals surface area contributed by atoms with E-state index < -0.39 is 18.1 Å². The van der Waals surface area contributed by atoms with Crippen LogP contribution in [0.1, 0.15) is 26.3 Å². The Bertz CT molecular complexity index is 1270. The summed E-state index contributed by atoms with van der Waals surface area (Å²) in [6.45, 7) is 5.04. The number of alkyl halides is 3. The number of carbonyl (C=O) groups excluding carboxylic acids is 1. The lowest BCUT2D eigenvalue weighted by molar-refractivity contribution is -0.192.